The van der Waals surface area contributed by atoms with Crippen molar-refractivity contribution in [3.05, 3.63) is 0 Å². The zero-order chi connectivity index (χ0) is 6.00. The standard InChI is InChI=1S/2C2H6.H3NO/c3*1-2/h2*1-2H3;2H,1H2. The monoisotopic (exact) mass is 93.1 g/mol. The molecule has 0 aromatic rings. The second-order valence-corrected chi connectivity index (χ2v) is 0. The highest BCUT2D eigenvalue weighted by atomic mass is 16.4. The van der Waals surface area contributed by atoms with Crippen LogP contribution < -0.4 is 5.90 Å². The van der Waals surface area contributed by atoms with Gasteiger partial charge in [-0.2, -0.15) is 0 Å². The van der Waals surface area contributed by atoms with Gasteiger partial charge in [-0.05, 0) is 0 Å². The Hall–Kier alpha value is -0.0800. The molecule has 0 spiro atoms. The molecule has 0 bridgehead atoms. The summed E-state index contributed by atoms with van der Waals surface area (Å²) in [5.41, 5.74) is 0. The maximum atomic E-state index is 6.50. The van der Waals surface area contributed by atoms with Gasteiger partial charge in [-0.25, -0.2) is 5.90 Å². The predicted octanol–water partition coefficient (Wildman–Crippen LogP) is 1.39. The molecular formula is C4H15NO. The Labute approximate surface area is 39.9 Å². The first-order valence-corrected chi connectivity index (χ1v) is 2.26. The van der Waals surface area contributed by atoms with Crippen LogP contribution in [0.3, 0.4) is 0 Å². The molecule has 0 aliphatic rings. The summed E-state index contributed by atoms with van der Waals surface area (Å²) in [7, 11) is 0. The molecular weight excluding hydrogens is 78.0 g/mol. The van der Waals surface area contributed by atoms with E-state index in [1.165, 1.54) is 0 Å². The second kappa shape index (κ2) is 11800. The zero-order valence-electron chi connectivity index (χ0n) is 5.02. The summed E-state index contributed by atoms with van der Waals surface area (Å²) in [5.74, 6) is 3.50. The molecule has 0 amide bonds. The quantitative estimate of drug-likeness (QED) is 0.444. The van der Waals surface area contributed by atoms with Gasteiger partial charge < -0.3 is 5.21 Å². The molecule has 0 aromatic carbocycles. The van der Waals surface area contributed by atoms with Crippen molar-refractivity contribution in [1.82, 2.24) is 0 Å². The number of nitrogens with two attached hydrogens (primary N) is 1. The summed E-state index contributed by atoms with van der Waals surface area (Å²) < 4.78 is 0. The molecule has 2 heteroatoms. The van der Waals surface area contributed by atoms with Gasteiger partial charge in [0, 0.05) is 0 Å². The van der Waals surface area contributed by atoms with Crippen LogP contribution in [0.15, 0.2) is 0 Å². The molecule has 0 aliphatic carbocycles. The van der Waals surface area contributed by atoms with E-state index in [2.05, 4.69) is 5.90 Å². The molecule has 0 radical (unpaired) electrons. The highest BCUT2D eigenvalue weighted by Gasteiger charge is 0.934. The molecule has 3 N–H and O–H groups in total. The fraction of sp³-hybridized carbons (Fsp3) is 1.00. The van der Waals surface area contributed by atoms with E-state index < -0.39 is 0 Å². The molecule has 0 saturated heterocycles. The van der Waals surface area contributed by atoms with Gasteiger partial charge in [0.2, 0.25) is 0 Å². The van der Waals surface area contributed by atoms with Gasteiger partial charge in [-0.3, -0.25) is 0 Å². The molecule has 2 nitrogen and oxygen atoms in total. The van der Waals surface area contributed by atoms with E-state index in [-0.39, 0.29) is 0 Å². The Morgan fingerprint density at radius 3 is 0.833 bits per heavy atom. The van der Waals surface area contributed by atoms with Crippen LogP contribution in [0.1, 0.15) is 27.7 Å². The highest BCUT2D eigenvalue weighted by molar-refractivity contribution is 3.51. The molecule has 0 fully saturated rings. The average Bonchev–Trinajstić information content (AvgIpc) is 1.81. The van der Waals surface area contributed by atoms with Crippen LogP contribution in [0.2, 0.25) is 0 Å². The van der Waals surface area contributed by atoms with Crippen LogP contribution in [0.4, 0.5) is 0 Å². The van der Waals surface area contributed by atoms with Crippen LogP contribution in [0.5, 0.6) is 0 Å². The van der Waals surface area contributed by atoms with Gasteiger partial charge in [0.25, 0.3) is 0 Å². The van der Waals surface area contributed by atoms with E-state index in [1.54, 1.807) is 0 Å². The lowest BCUT2D eigenvalue weighted by Crippen LogP contribution is -1.72. The summed E-state index contributed by atoms with van der Waals surface area (Å²) >= 11 is 0. The molecule has 0 saturated carbocycles. The summed E-state index contributed by atoms with van der Waals surface area (Å²) in [6.45, 7) is 8.00. The largest absolute Gasteiger partial charge is 0.320 e. The minimum atomic E-state index is 2.00. The van der Waals surface area contributed by atoms with Gasteiger partial charge in [0.05, 0.1) is 0 Å². The van der Waals surface area contributed by atoms with Crippen LogP contribution in [0, 0.1) is 0 Å². The fourth-order valence-electron chi connectivity index (χ4n) is 0. The van der Waals surface area contributed by atoms with Crippen molar-refractivity contribution >= 4 is 0 Å². The Morgan fingerprint density at radius 2 is 0.833 bits per heavy atom. The van der Waals surface area contributed by atoms with Crippen molar-refractivity contribution in [2.45, 2.75) is 27.7 Å². The van der Waals surface area contributed by atoms with Crippen molar-refractivity contribution in [3.63, 3.8) is 0 Å². The van der Waals surface area contributed by atoms with E-state index >= 15 is 0 Å². The van der Waals surface area contributed by atoms with Crippen LogP contribution >= 0.6 is 0 Å². The highest BCUT2D eigenvalue weighted by Crippen LogP contribution is 1.15. The lowest BCUT2D eigenvalue weighted by Gasteiger charge is -1.27. The Kier molecular flexibility index (Phi) is 33100. The molecule has 6 heavy (non-hydrogen) atoms. The third-order valence-corrected chi connectivity index (χ3v) is 0. The molecule has 0 aromatic heterocycles. The zero-order valence-corrected chi connectivity index (χ0v) is 5.02. The van der Waals surface area contributed by atoms with Crippen LogP contribution in [-0.2, 0) is 0 Å². The smallest absolute Gasteiger partial charge is 0.0683 e. The van der Waals surface area contributed by atoms with Gasteiger partial charge in [-0.1, -0.05) is 27.7 Å². The Bertz CT molecular complexity index is 7.51. The van der Waals surface area contributed by atoms with Gasteiger partial charge in [-0.15, -0.1) is 0 Å². The topological polar surface area (TPSA) is 46.2 Å². The molecule has 0 atom stereocenters. The Morgan fingerprint density at radius 1 is 0.833 bits per heavy atom. The van der Waals surface area contributed by atoms with E-state index in [9.17, 15) is 0 Å². The number of rotatable bonds is 0. The normalized spacial score (nSPS) is 3.00. The van der Waals surface area contributed by atoms with Crippen molar-refractivity contribution in [1.29, 1.82) is 0 Å². The van der Waals surface area contributed by atoms with Crippen molar-refractivity contribution in [2.24, 2.45) is 5.90 Å². The first-order valence-electron chi connectivity index (χ1n) is 2.26. The molecule has 0 heterocycles. The summed E-state index contributed by atoms with van der Waals surface area (Å²) in [6, 6.07) is 0. The molecule has 0 aliphatic heterocycles. The van der Waals surface area contributed by atoms with Gasteiger partial charge >= 0.3 is 0 Å². The first-order chi connectivity index (χ1) is 3.00. The summed E-state index contributed by atoms with van der Waals surface area (Å²) in [4.78, 5) is 0. The average molecular weight is 93.2 g/mol. The van der Waals surface area contributed by atoms with E-state index in [4.69, 9.17) is 5.21 Å². The van der Waals surface area contributed by atoms with E-state index in [1.807, 2.05) is 27.7 Å². The minimum absolute atomic E-state index is 2.00. The summed E-state index contributed by atoms with van der Waals surface area (Å²) in [5, 5.41) is 6.50. The van der Waals surface area contributed by atoms with Crippen LogP contribution in [0.25, 0.3) is 0 Å². The number of hydrogen-bond acceptors (Lipinski definition) is 2. The molecule has 42 valence electrons. The minimum Gasteiger partial charge on any atom is -0.320 e. The predicted molar refractivity (Wildman–Crippen MR) is 28.7 cm³/mol. The maximum absolute atomic E-state index is 6.50. The molecule has 0 unspecified atom stereocenters. The SMILES string of the molecule is CC.CC.NO. The summed E-state index contributed by atoms with van der Waals surface area (Å²) in [6.07, 6.45) is 0. The fourth-order valence-corrected chi connectivity index (χ4v) is 0. The van der Waals surface area contributed by atoms with Crippen molar-refractivity contribution in [3.8, 4) is 0 Å². The third kappa shape index (κ3) is 5220. The maximum Gasteiger partial charge on any atom is -0.0683 e. The molecule has 0 rings (SSSR count). The van der Waals surface area contributed by atoms with Gasteiger partial charge in [0.1, 0.15) is 0 Å². The Balaban J connectivity index is -0.0000000225. The lowest BCUT2D eigenvalue weighted by molar-refractivity contribution is 0.311. The third-order valence-electron chi connectivity index (χ3n) is 0. The van der Waals surface area contributed by atoms with E-state index in [0.717, 1.165) is 0 Å². The van der Waals surface area contributed by atoms with Crippen LogP contribution in [-0.4, -0.2) is 5.21 Å². The number of hydrogen-bond donors (Lipinski definition) is 2. The van der Waals surface area contributed by atoms with Crippen molar-refractivity contribution in [2.75, 3.05) is 0 Å². The van der Waals surface area contributed by atoms with Gasteiger partial charge in [0.15, 0.2) is 0 Å². The lowest BCUT2D eigenvalue weighted by atomic mass is 11.0. The second-order valence-electron chi connectivity index (χ2n) is 0. The van der Waals surface area contributed by atoms with Crippen molar-refractivity contribution < 1.29 is 5.21 Å². The van der Waals surface area contributed by atoms with E-state index in [0.29, 0.717) is 0 Å². The first kappa shape index (κ1) is 16.8.